The first-order valence-electron chi connectivity index (χ1n) is 7.66. The third-order valence-electron chi connectivity index (χ3n) is 4.00. The van der Waals surface area contributed by atoms with Gasteiger partial charge in [-0.05, 0) is 37.6 Å². The third kappa shape index (κ3) is 5.65. The molecule has 0 aliphatic carbocycles. The molecule has 1 aromatic carbocycles. The molecule has 0 saturated carbocycles. The Morgan fingerprint density at radius 3 is 2.55 bits per heavy atom. The van der Waals surface area contributed by atoms with Crippen LogP contribution in [-0.4, -0.2) is 35.5 Å². The lowest BCUT2D eigenvalue weighted by atomic mass is 10.1. The summed E-state index contributed by atoms with van der Waals surface area (Å²) in [6, 6.07) is 8.44. The fraction of sp³-hybridized carbons (Fsp3) is 0.562. The van der Waals surface area contributed by atoms with Crippen molar-refractivity contribution >= 4 is 47.4 Å². The predicted molar refractivity (Wildman–Crippen MR) is 103 cm³/mol. The summed E-state index contributed by atoms with van der Waals surface area (Å²) in [7, 11) is 0. The molecule has 3 nitrogen and oxygen atoms in total. The molecule has 0 bridgehead atoms. The van der Waals surface area contributed by atoms with E-state index in [0.29, 0.717) is 0 Å². The summed E-state index contributed by atoms with van der Waals surface area (Å²) in [6.45, 7) is 4.56. The maximum absolute atomic E-state index is 4.62. The van der Waals surface area contributed by atoms with E-state index in [-0.39, 0.29) is 24.8 Å². The summed E-state index contributed by atoms with van der Waals surface area (Å²) in [6.07, 6.45) is 5.57. The van der Waals surface area contributed by atoms with E-state index in [2.05, 4.69) is 39.5 Å². The first-order valence-corrected chi connectivity index (χ1v) is 8.65. The Hall–Kier alpha value is -0.420. The van der Waals surface area contributed by atoms with Gasteiger partial charge in [-0.25, -0.2) is 0 Å². The van der Waals surface area contributed by atoms with Crippen LogP contribution in [0.15, 0.2) is 29.3 Å². The molecule has 1 aromatic rings. The minimum atomic E-state index is 0. The maximum atomic E-state index is 4.62. The Balaban J connectivity index is 0.00000121. The van der Waals surface area contributed by atoms with Crippen molar-refractivity contribution < 1.29 is 0 Å². The van der Waals surface area contributed by atoms with Crippen molar-refractivity contribution in [1.29, 1.82) is 0 Å². The number of thioether (sulfide) groups is 1. The first-order chi connectivity index (χ1) is 9.92. The number of para-hydroxylation sites is 1. The van der Waals surface area contributed by atoms with Crippen LogP contribution >= 0.6 is 36.6 Å². The number of anilines is 1. The lowest BCUT2D eigenvalue weighted by molar-refractivity contribution is 0.303. The van der Waals surface area contributed by atoms with E-state index in [4.69, 9.17) is 0 Å². The number of rotatable bonds is 3. The fourth-order valence-corrected chi connectivity index (χ4v) is 3.69. The van der Waals surface area contributed by atoms with E-state index in [9.17, 15) is 0 Å². The van der Waals surface area contributed by atoms with Crippen LogP contribution in [0.5, 0.6) is 0 Å². The number of hydrogen-bond donors (Lipinski definition) is 1. The van der Waals surface area contributed by atoms with Crippen molar-refractivity contribution in [2.24, 2.45) is 4.99 Å². The van der Waals surface area contributed by atoms with Crippen LogP contribution in [0.25, 0.3) is 0 Å². The molecule has 2 aliphatic heterocycles. The van der Waals surface area contributed by atoms with Gasteiger partial charge in [0.15, 0.2) is 5.17 Å². The number of nitrogens with one attached hydrogen (secondary N) is 1. The number of nitrogens with zero attached hydrogens (tertiary/aromatic N) is 2. The Bertz CT molecular complexity index is 474. The van der Waals surface area contributed by atoms with E-state index in [1.54, 1.807) is 0 Å². The van der Waals surface area contributed by atoms with Gasteiger partial charge in [0.1, 0.15) is 0 Å². The van der Waals surface area contributed by atoms with Gasteiger partial charge in [0, 0.05) is 18.0 Å². The Kier molecular flexibility index (Phi) is 9.25. The Labute approximate surface area is 150 Å². The third-order valence-corrected chi connectivity index (χ3v) is 4.89. The summed E-state index contributed by atoms with van der Waals surface area (Å²) in [5.74, 6) is 1.13. The van der Waals surface area contributed by atoms with Crippen LogP contribution in [0.3, 0.4) is 0 Å². The second kappa shape index (κ2) is 10.4. The summed E-state index contributed by atoms with van der Waals surface area (Å²) >= 11 is 1.86. The monoisotopic (exact) mass is 361 g/mol. The zero-order valence-corrected chi connectivity index (χ0v) is 15.2. The summed E-state index contributed by atoms with van der Waals surface area (Å²) in [5.41, 5.74) is 2.52. The maximum Gasteiger partial charge on any atom is 0.161 e. The Morgan fingerprint density at radius 2 is 1.77 bits per heavy atom. The molecule has 0 unspecified atom stereocenters. The van der Waals surface area contributed by atoms with E-state index < -0.39 is 0 Å². The highest BCUT2D eigenvalue weighted by Crippen LogP contribution is 2.23. The topological polar surface area (TPSA) is 27.6 Å². The molecule has 1 fully saturated rings. The molecule has 0 atom stereocenters. The minimum absolute atomic E-state index is 0. The molecule has 0 amide bonds. The van der Waals surface area contributed by atoms with E-state index >= 15 is 0 Å². The number of hydrogen-bond acceptors (Lipinski definition) is 4. The predicted octanol–water partition coefficient (Wildman–Crippen LogP) is 4.42. The van der Waals surface area contributed by atoms with Crippen molar-refractivity contribution in [3.8, 4) is 0 Å². The highest BCUT2D eigenvalue weighted by atomic mass is 35.5. The van der Waals surface area contributed by atoms with Crippen LogP contribution < -0.4 is 5.32 Å². The summed E-state index contributed by atoms with van der Waals surface area (Å²) < 4.78 is 0. The molecular weight excluding hydrogens is 337 g/mol. The highest BCUT2D eigenvalue weighted by Gasteiger charge is 2.12. The zero-order chi connectivity index (χ0) is 13.6. The molecule has 6 heteroatoms. The van der Waals surface area contributed by atoms with Gasteiger partial charge < -0.3 is 10.2 Å². The van der Waals surface area contributed by atoms with E-state index in [1.165, 1.54) is 56.6 Å². The van der Waals surface area contributed by atoms with Gasteiger partial charge in [0.2, 0.25) is 0 Å². The standard InChI is InChI=1S/C16H23N3S.2ClH/c1-2-6-10-19(9-5-1)11-12-20-16-17-13-14-7-3-4-8-15(14)18-16;;/h3-4,7-8H,1-2,5-6,9-13H2,(H,17,18);2*1H. The van der Waals surface area contributed by atoms with Gasteiger partial charge in [-0.1, -0.05) is 42.8 Å². The molecule has 1 saturated heterocycles. The van der Waals surface area contributed by atoms with Gasteiger partial charge in [-0.15, -0.1) is 24.8 Å². The molecule has 22 heavy (non-hydrogen) atoms. The molecule has 1 N–H and O–H groups in total. The second-order valence-corrected chi connectivity index (χ2v) is 6.59. The number of halogens is 2. The molecule has 2 aliphatic rings. The van der Waals surface area contributed by atoms with Gasteiger partial charge in [-0.2, -0.15) is 0 Å². The number of amidine groups is 1. The average molecular weight is 362 g/mol. The van der Waals surface area contributed by atoms with Crippen LogP contribution in [0, 0.1) is 0 Å². The van der Waals surface area contributed by atoms with E-state index in [1.807, 2.05) is 11.8 Å². The van der Waals surface area contributed by atoms with Crippen LogP contribution in [0.4, 0.5) is 5.69 Å². The molecule has 0 aromatic heterocycles. The van der Waals surface area contributed by atoms with Crippen LogP contribution in [0.2, 0.25) is 0 Å². The Morgan fingerprint density at radius 1 is 1.05 bits per heavy atom. The number of likely N-dealkylation sites (tertiary alicyclic amines) is 1. The fourth-order valence-electron chi connectivity index (χ4n) is 2.80. The number of aliphatic imine (C=N–C) groups is 1. The highest BCUT2D eigenvalue weighted by molar-refractivity contribution is 8.14. The molecule has 0 radical (unpaired) electrons. The van der Waals surface area contributed by atoms with Crippen LogP contribution in [0.1, 0.15) is 31.2 Å². The number of benzene rings is 1. The minimum Gasteiger partial charge on any atom is -0.335 e. The first kappa shape index (κ1) is 19.6. The van der Waals surface area contributed by atoms with Crippen molar-refractivity contribution in [1.82, 2.24) is 4.90 Å². The van der Waals surface area contributed by atoms with Gasteiger partial charge in [-0.3, -0.25) is 4.99 Å². The lowest BCUT2D eigenvalue weighted by Gasteiger charge is -2.21. The molecule has 2 heterocycles. The van der Waals surface area contributed by atoms with Crippen molar-refractivity contribution in [2.75, 3.05) is 30.7 Å². The van der Waals surface area contributed by atoms with Crippen LogP contribution in [-0.2, 0) is 6.54 Å². The smallest absolute Gasteiger partial charge is 0.161 e. The van der Waals surface area contributed by atoms with Gasteiger partial charge in [0.05, 0.1) is 6.54 Å². The quantitative estimate of drug-likeness (QED) is 0.863. The molecule has 0 spiro atoms. The van der Waals surface area contributed by atoms with Crippen molar-refractivity contribution in [3.63, 3.8) is 0 Å². The SMILES string of the molecule is Cl.Cl.c1ccc2c(c1)CN=C(SCCN1CCCCCC1)N2. The molecule has 124 valence electrons. The summed E-state index contributed by atoms with van der Waals surface area (Å²) in [4.78, 5) is 7.23. The molecule has 3 rings (SSSR count). The normalized spacial score (nSPS) is 17.9. The van der Waals surface area contributed by atoms with Crippen molar-refractivity contribution in [3.05, 3.63) is 29.8 Å². The van der Waals surface area contributed by atoms with Gasteiger partial charge >= 0.3 is 0 Å². The van der Waals surface area contributed by atoms with E-state index in [0.717, 1.165) is 17.5 Å². The lowest BCUT2D eigenvalue weighted by Crippen LogP contribution is -2.28. The largest absolute Gasteiger partial charge is 0.335 e. The second-order valence-electron chi connectivity index (χ2n) is 5.51. The van der Waals surface area contributed by atoms with Crippen molar-refractivity contribution in [2.45, 2.75) is 32.2 Å². The average Bonchev–Trinajstić information content (AvgIpc) is 2.76. The zero-order valence-electron chi connectivity index (χ0n) is 12.8. The number of fused-ring (bicyclic) bond motifs is 1. The molecular formula is C16H25Cl2N3S. The van der Waals surface area contributed by atoms with Gasteiger partial charge in [0.25, 0.3) is 0 Å². The summed E-state index contributed by atoms with van der Waals surface area (Å²) in [5, 5.41) is 4.52.